The van der Waals surface area contributed by atoms with E-state index in [1.807, 2.05) is 10.7 Å². The van der Waals surface area contributed by atoms with Crippen LogP contribution in [0.1, 0.15) is 63.8 Å². The molecule has 0 radical (unpaired) electrons. The van der Waals surface area contributed by atoms with Gasteiger partial charge in [0.2, 0.25) is 5.91 Å². The van der Waals surface area contributed by atoms with Gasteiger partial charge < -0.3 is 10.1 Å². The zero-order valence-corrected chi connectivity index (χ0v) is 16.3. The molecule has 0 bridgehead atoms. The second-order valence-corrected chi connectivity index (χ2v) is 8.37. The summed E-state index contributed by atoms with van der Waals surface area (Å²) in [6, 6.07) is 4.21. The van der Waals surface area contributed by atoms with Crippen LogP contribution in [0.3, 0.4) is 0 Å². The lowest BCUT2D eigenvalue weighted by Gasteiger charge is -2.29. The van der Waals surface area contributed by atoms with Crippen molar-refractivity contribution in [3.8, 4) is 0 Å². The van der Waals surface area contributed by atoms with Gasteiger partial charge in [-0.3, -0.25) is 4.79 Å². The molecule has 0 aliphatic heterocycles. The van der Waals surface area contributed by atoms with Gasteiger partial charge in [0.05, 0.1) is 5.69 Å². The van der Waals surface area contributed by atoms with E-state index >= 15 is 0 Å². The maximum absolute atomic E-state index is 11.5. The average Bonchev–Trinajstić information content (AvgIpc) is 3.05. The molecule has 142 valence electrons. The number of rotatable bonds is 5. The third-order valence-electron chi connectivity index (χ3n) is 5.28. The van der Waals surface area contributed by atoms with Gasteiger partial charge in [-0.2, -0.15) is 5.10 Å². The van der Waals surface area contributed by atoms with Crippen molar-refractivity contribution in [1.29, 1.82) is 0 Å². The molecule has 0 atom stereocenters. The summed E-state index contributed by atoms with van der Waals surface area (Å²) in [6.45, 7) is 7.42. The Kier molecular flexibility index (Phi) is 5.61. The Bertz CT molecular complexity index is 755. The molecule has 6 heteroatoms. The van der Waals surface area contributed by atoms with Gasteiger partial charge in [0.1, 0.15) is 6.61 Å². The van der Waals surface area contributed by atoms with Crippen molar-refractivity contribution in [3.05, 3.63) is 29.7 Å². The number of nitrogens with one attached hydrogen (secondary N) is 1. The number of hydrogen-bond acceptors (Lipinski definition) is 4. The van der Waals surface area contributed by atoms with Gasteiger partial charge in [-0.1, -0.05) is 20.8 Å². The van der Waals surface area contributed by atoms with Gasteiger partial charge in [0, 0.05) is 42.9 Å². The second-order valence-electron chi connectivity index (χ2n) is 8.37. The van der Waals surface area contributed by atoms with Crippen LogP contribution in [-0.2, 0) is 14.9 Å². The third-order valence-corrected chi connectivity index (χ3v) is 5.28. The van der Waals surface area contributed by atoms with Gasteiger partial charge in [-0.15, -0.1) is 0 Å². The van der Waals surface area contributed by atoms with Crippen LogP contribution in [0, 0.1) is 5.92 Å². The van der Waals surface area contributed by atoms with Crippen molar-refractivity contribution < 1.29 is 9.53 Å². The average molecular weight is 358 g/mol. The number of aromatic nitrogens is 3. The minimum absolute atomic E-state index is 0.0169. The molecule has 1 aliphatic carbocycles. The van der Waals surface area contributed by atoms with E-state index in [4.69, 9.17) is 9.84 Å². The number of carbonyl (C=O) groups is 1. The first kappa shape index (κ1) is 18.8. The van der Waals surface area contributed by atoms with Crippen molar-refractivity contribution in [2.75, 3.05) is 20.3 Å². The van der Waals surface area contributed by atoms with E-state index < -0.39 is 0 Å². The van der Waals surface area contributed by atoms with Crippen LogP contribution in [0.4, 0.5) is 0 Å². The van der Waals surface area contributed by atoms with Crippen LogP contribution >= 0.6 is 0 Å². The minimum Gasteiger partial charge on any atom is -0.375 e. The lowest BCUT2D eigenvalue weighted by molar-refractivity contribution is -0.124. The molecule has 1 saturated carbocycles. The van der Waals surface area contributed by atoms with E-state index in [1.165, 1.54) is 5.69 Å². The summed E-state index contributed by atoms with van der Waals surface area (Å²) < 4.78 is 6.89. The number of hydrogen-bond donors (Lipinski definition) is 1. The number of methoxy groups -OCH3 is 1. The Morgan fingerprint density at radius 2 is 2.04 bits per heavy atom. The highest BCUT2D eigenvalue weighted by Crippen LogP contribution is 2.35. The van der Waals surface area contributed by atoms with Gasteiger partial charge >= 0.3 is 0 Å². The summed E-state index contributed by atoms with van der Waals surface area (Å²) >= 11 is 0. The summed E-state index contributed by atoms with van der Waals surface area (Å²) in [5.41, 5.74) is 3.28. The van der Waals surface area contributed by atoms with Gasteiger partial charge in [-0.25, -0.2) is 9.50 Å². The number of nitrogens with zero attached hydrogens (tertiary/aromatic N) is 3. The molecule has 6 nitrogen and oxygen atoms in total. The summed E-state index contributed by atoms with van der Waals surface area (Å²) in [5, 5.41) is 7.81. The monoisotopic (exact) mass is 358 g/mol. The smallest absolute Gasteiger partial charge is 0.245 e. The van der Waals surface area contributed by atoms with E-state index in [-0.39, 0.29) is 17.9 Å². The first-order valence-corrected chi connectivity index (χ1v) is 9.49. The maximum Gasteiger partial charge on any atom is 0.245 e. The van der Waals surface area contributed by atoms with Gasteiger partial charge in [0.15, 0.2) is 5.65 Å². The summed E-state index contributed by atoms with van der Waals surface area (Å²) in [4.78, 5) is 16.0. The van der Waals surface area contributed by atoms with E-state index in [2.05, 4.69) is 43.2 Å². The fraction of sp³-hybridized carbons (Fsp3) is 0.650. The molecule has 0 unspecified atom stereocenters. The van der Waals surface area contributed by atoms with E-state index in [0.29, 0.717) is 11.8 Å². The molecular weight excluding hydrogens is 328 g/mol. The summed E-state index contributed by atoms with van der Waals surface area (Å²) in [5.74, 6) is 1.02. The highest BCUT2D eigenvalue weighted by molar-refractivity contribution is 5.77. The molecule has 2 aromatic heterocycles. The Hall–Kier alpha value is -1.95. The maximum atomic E-state index is 11.5. The van der Waals surface area contributed by atoms with E-state index in [1.54, 1.807) is 7.11 Å². The Morgan fingerprint density at radius 3 is 2.69 bits per heavy atom. The van der Waals surface area contributed by atoms with Crippen molar-refractivity contribution in [3.63, 3.8) is 0 Å². The zero-order chi connectivity index (χ0) is 18.7. The number of carbonyl (C=O) groups excluding carboxylic acids is 1. The van der Waals surface area contributed by atoms with Crippen LogP contribution in [0.5, 0.6) is 0 Å². The van der Waals surface area contributed by atoms with Crippen LogP contribution in [0.2, 0.25) is 0 Å². The van der Waals surface area contributed by atoms with Crippen LogP contribution in [0.15, 0.2) is 18.3 Å². The summed E-state index contributed by atoms with van der Waals surface area (Å²) in [7, 11) is 1.54. The SMILES string of the molecule is COCC(=O)NCC1CCC(c2ccnc3cc(C(C)(C)C)nn23)CC1. The normalized spacial score (nSPS) is 21.1. The predicted octanol–water partition coefficient (Wildman–Crippen LogP) is 3.06. The molecule has 0 saturated heterocycles. The Balaban J connectivity index is 1.66. The number of amides is 1. The van der Waals surface area contributed by atoms with Crippen molar-refractivity contribution >= 4 is 11.6 Å². The fourth-order valence-corrected chi connectivity index (χ4v) is 3.69. The molecule has 1 amide bonds. The Labute approximate surface area is 155 Å². The minimum atomic E-state index is -0.0308. The molecule has 2 heterocycles. The first-order chi connectivity index (χ1) is 12.4. The molecule has 0 spiro atoms. The quantitative estimate of drug-likeness (QED) is 0.892. The van der Waals surface area contributed by atoms with Crippen LogP contribution in [-0.4, -0.2) is 40.8 Å². The lowest BCUT2D eigenvalue weighted by Crippen LogP contribution is -2.33. The zero-order valence-electron chi connectivity index (χ0n) is 16.3. The van der Waals surface area contributed by atoms with Gasteiger partial charge in [0.25, 0.3) is 0 Å². The fourth-order valence-electron chi connectivity index (χ4n) is 3.69. The molecule has 0 aromatic carbocycles. The predicted molar refractivity (Wildman–Crippen MR) is 101 cm³/mol. The molecule has 1 fully saturated rings. The van der Waals surface area contributed by atoms with Crippen molar-refractivity contribution in [2.45, 2.75) is 57.8 Å². The van der Waals surface area contributed by atoms with Crippen LogP contribution < -0.4 is 5.32 Å². The molecule has 1 N–H and O–H groups in total. The highest BCUT2D eigenvalue weighted by Gasteiger charge is 2.26. The van der Waals surface area contributed by atoms with Crippen molar-refractivity contribution in [2.24, 2.45) is 5.92 Å². The Morgan fingerprint density at radius 1 is 1.31 bits per heavy atom. The van der Waals surface area contributed by atoms with E-state index in [0.717, 1.165) is 43.6 Å². The summed E-state index contributed by atoms with van der Waals surface area (Å²) in [6.07, 6.45) is 6.38. The lowest BCUT2D eigenvalue weighted by atomic mass is 9.80. The molecule has 3 rings (SSSR count). The van der Waals surface area contributed by atoms with Crippen LogP contribution in [0.25, 0.3) is 5.65 Å². The molecule has 2 aromatic rings. The molecule has 1 aliphatic rings. The topological polar surface area (TPSA) is 68.5 Å². The third kappa shape index (κ3) is 4.23. The van der Waals surface area contributed by atoms with Crippen molar-refractivity contribution in [1.82, 2.24) is 19.9 Å². The standard InChI is InChI=1S/C20H30N4O2/c1-20(2,3)17-11-18-21-10-9-16(24(18)23-17)15-7-5-14(6-8-15)12-22-19(25)13-26-4/h9-11,14-15H,5-8,12-13H2,1-4H3,(H,22,25). The molecule has 26 heavy (non-hydrogen) atoms. The largest absolute Gasteiger partial charge is 0.375 e. The van der Waals surface area contributed by atoms with Gasteiger partial charge in [-0.05, 0) is 37.7 Å². The second kappa shape index (κ2) is 7.74. The molecular formula is C20H30N4O2. The first-order valence-electron chi connectivity index (χ1n) is 9.49. The number of ether oxygens (including phenoxy) is 1. The number of fused-ring (bicyclic) bond motifs is 1. The highest BCUT2D eigenvalue weighted by atomic mass is 16.5. The van der Waals surface area contributed by atoms with E-state index in [9.17, 15) is 4.79 Å².